The van der Waals surface area contributed by atoms with E-state index in [1.54, 1.807) is 4.90 Å². The number of aliphatic hydroxyl groups excluding tert-OH is 1. The van der Waals surface area contributed by atoms with E-state index in [4.69, 9.17) is 11.6 Å². The maximum Gasteiger partial charge on any atom is 0.237 e. The summed E-state index contributed by atoms with van der Waals surface area (Å²) in [6.07, 6.45) is 1.58. The standard InChI is InChI=1S/C14H18ClNO2/c15-10-13(18)16-8-6-14(11-17,7-9-16)12-4-2-1-3-5-12/h1-5,17H,6-11H2. The van der Waals surface area contributed by atoms with Crippen LogP contribution in [0, 0.1) is 0 Å². The van der Waals surface area contributed by atoms with E-state index in [-0.39, 0.29) is 23.8 Å². The molecule has 1 aliphatic heterocycles. The lowest BCUT2D eigenvalue weighted by atomic mass is 9.73. The Balaban J connectivity index is 2.12. The zero-order valence-electron chi connectivity index (χ0n) is 10.3. The van der Waals surface area contributed by atoms with Crippen molar-refractivity contribution in [3.8, 4) is 0 Å². The summed E-state index contributed by atoms with van der Waals surface area (Å²) in [6.45, 7) is 1.46. The normalized spacial score (nSPS) is 18.7. The first-order valence-electron chi connectivity index (χ1n) is 6.22. The van der Waals surface area contributed by atoms with E-state index < -0.39 is 0 Å². The average molecular weight is 268 g/mol. The Labute approximate surface area is 112 Å². The highest BCUT2D eigenvalue weighted by molar-refractivity contribution is 6.27. The minimum Gasteiger partial charge on any atom is -0.395 e. The quantitative estimate of drug-likeness (QED) is 0.848. The summed E-state index contributed by atoms with van der Waals surface area (Å²) in [7, 11) is 0. The van der Waals surface area contributed by atoms with E-state index in [0.717, 1.165) is 18.4 Å². The summed E-state index contributed by atoms with van der Waals surface area (Å²) >= 11 is 5.57. The topological polar surface area (TPSA) is 40.5 Å². The number of hydrogen-bond acceptors (Lipinski definition) is 2. The first-order valence-corrected chi connectivity index (χ1v) is 6.75. The van der Waals surface area contributed by atoms with Crippen molar-refractivity contribution in [1.29, 1.82) is 0 Å². The predicted octanol–water partition coefficient (Wildman–Crippen LogP) is 1.78. The molecule has 98 valence electrons. The predicted molar refractivity (Wildman–Crippen MR) is 71.7 cm³/mol. The largest absolute Gasteiger partial charge is 0.395 e. The van der Waals surface area contributed by atoms with Crippen LogP contribution in [-0.2, 0) is 10.2 Å². The van der Waals surface area contributed by atoms with Crippen LogP contribution in [0.3, 0.4) is 0 Å². The van der Waals surface area contributed by atoms with Crippen molar-refractivity contribution < 1.29 is 9.90 Å². The lowest BCUT2D eigenvalue weighted by molar-refractivity contribution is -0.130. The molecule has 0 atom stereocenters. The maximum absolute atomic E-state index is 11.5. The van der Waals surface area contributed by atoms with Crippen LogP contribution >= 0.6 is 11.6 Å². The van der Waals surface area contributed by atoms with E-state index in [0.29, 0.717) is 13.1 Å². The van der Waals surface area contributed by atoms with Crippen LogP contribution in [0.1, 0.15) is 18.4 Å². The number of rotatable bonds is 3. The van der Waals surface area contributed by atoms with Gasteiger partial charge in [0.1, 0.15) is 5.88 Å². The number of amides is 1. The fraction of sp³-hybridized carbons (Fsp3) is 0.500. The molecule has 0 aromatic heterocycles. The molecule has 1 aromatic rings. The smallest absolute Gasteiger partial charge is 0.237 e. The first-order chi connectivity index (χ1) is 8.72. The third-order valence-electron chi connectivity index (χ3n) is 3.88. The third kappa shape index (κ3) is 2.52. The lowest BCUT2D eigenvalue weighted by Gasteiger charge is -2.41. The molecule has 0 unspecified atom stereocenters. The number of carbonyl (C=O) groups is 1. The highest BCUT2D eigenvalue weighted by Gasteiger charge is 2.36. The molecule has 1 fully saturated rings. The molecule has 0 aliphatic carbocycles. The van der Waals surface area contributed by atoms with Gasteiger partial charge in [0.2, 0.25) is 5.91 Å². The second kappa shape index (κ2) is 5.72. The molecular formula is C14H18ClNO2. The fourth-order valence-electron chi connectivity index (χ4n) is 2.60. The van der Waals surface area contributed by atoms with Crippen molar-refractivity contribution in [1.82, 2.24) is 4.90 Å². The zero-order valence-corrected chi connectivity index (χ0v) is 11.1. The summed E-state index contributed by atoms with van der Waals surface area (Å²) in [5.41, 5.74) is 0.954. The number of carbonyl (C=O) groups excluding carboxylic acids is 1. The third-order valence-corrected chi connectivity index (χ3v) is 4.11. The van der Waals surface area contributed by atoms with E-state index in [2.05, 4.69) is 12.1 Å². The summed E-state index contributed by atoms with van der Waals surface area (Å²) < 4.78 is 0. The van der Waals surface area contributed by atoms with Crippen LogP contribution in [0.4, 0.5) is 0 Å². The van der Waals surface area contributed by atoms with Gasteiger partial charge in [0.25, 0.3) is 0 Å². The number of likely N-dealkylation sites (tertiary alicyclic amines) is 1. The van der Waals surface area contributed by atoms with Gasteiger partial charge in [0, 0.05) is 18.5 Å². The number of halogens is 1. The van der Waals surface area contributed by atoms with Gasteiger partial charge in [0.15, 0.2) is 0 Å². The van der Waals surface area contributed by atoms with Crippen molar-refractivity contribution in [2.75, 3.05) is 25.6 Å². The number of piperidine rings is 1. The Morgan fingerprint density at radius 1 is 1.28 bits per heavy atom. The van der Waals surface area contributed by atoms with Crippen LogP contribution in [0.5, 0.6) is 0 Å². The van der Waals surface area contributed by atoms with Crippen LogP contribution < -0.4 is 0 Å². The SMILES string of the molecule is O=C(CCl)N1CCC(CO)(c2ccccc2)CC1. The molecule has 18 heavy (non-hydrogen) atoms. The molecule has 0 saturated carbocycles. The number of alkyl halides is 1. The lowest BCUT2D eigenvalue weighted by Crippen LogP contribution is -2.47. The molecule has 3 nitrogen and oxygen atoms in total. The second-order valence-corrected chi connectivity index (χ2v) is 5.09. The van der Waals surface area contributed by atoms with E-state index in [9.17, 15) is 9.90 Å². The highest BCUT2D eigenvalue weighted by atomic mass is 35.5. The molecule has 2 rings (SSSR count). The van der Waals surface area contributed by atoms with Crippen molar-refractivity contribution in [3.63, 3.8) is 0 Å². The van der Waals surface area contributed by atoms with Crippen molar-refractivity contribution in [2.45, 2.75) is 18.3 Å². The minimum atomic E-state index is -0.204. The monoisotopic (exact) mass is 267 g/mol. The number of benzene rings is 1. The Morgan fingerprint density at radius 3 is 2.39 bits per heavy atom. The molecule has 1 amide bonds. The molecule has 0 spiro atoms. The summed E-state index contributed by atoms with van der Waals surface area (Å²) in [5.74, 6) is 0.0218. The summed E-state index contributed by atoms with van der Waals surface area (Å²) in [6, 6.07) is 10.1. The minimum absolute atomic E-state index is 0.0173. The van der Waals surface area contributed by atoms with Gasteiger partial charge in [-0.25, -0.2) is 0 Å². The van der Waals surface area contributed by atoms with Crippen LogP contribution in [0.2, 0.25) is 0 Å². The van der Waals surface area contributed by atoms with Crippen molar-refractivity contribution in [2.24, 2.45) is 0 Å². The Bertz CT molecular complexity index is 400. The Hall–Kier alpha value is -1.06. The maximum atomic E-state index is 11.5. The molecule has 0 radical (unpaired) electrons. The number of hydrogen-bond donors (Lipinski definition) is 1. The average Bonchev–Trinajstić information content (AvgIpc) is 2.47. The van der Waals surface area contributed by atoms with E-state index in [1.807, 2.05) is 18.2 Å². The Morgan fingerprint density at radius 2 is 1.89 bits per heavy atom. The second-order valence-electron chi connectivity index (χ2n) is 4.82. The molecule has 1 N–H and O–H groups in total. The molecule has 4 heteroatoms. The highest BCUT2D eigenvalue weighted by Crippen LogP contribution is 2.35. The van der Waals surface area contributed by atoms with Crippen molar-refractivity contribution >= 4 is 17.5 Å². The summed E-state index contributed by atoms with van der Waals surface area (Å²) in [4.78, 5) is 13.3. The molecule has 0 bridgehead atoms. The van der Waals surface area contributed by atoms with Gasteiger partial charge in [-0.2, -0.15) is 0 Å². The van der Waals surface area contributed by atoms with Gasteiger partial charge >= 0.3 is 0 Å². The van der Waals surface area contributed by atoms with E-state index in [1.165, 1.54) is 0 Å². The molecule has 1 saturated heterocycles. The van der Waals surface area contributed by atoms with Crippen LogP contribution in [-0.4, -0.2) is 41.5 Å². The molecular weight excluding hydrogens is 250 g/mol. The molecule has 1 heterocycles. The first kappa shape index (κ1) is 13.4. The molecule has 1 aliphatic rings. The zero-order chi connectivity index (χ0) is 13.0. The van der Waals surface area contributed by atoms with Gasteiger partial charge in [-0.15, -0.1) is 11.6 Å². The fourth-order valence-corrected chi connectivity index (χ4v) is 2.77. The van der Waals surface area contributed by atoms with Gasteiger partial charge in [-0.05, 0) is 18.4 Å². The summed E-state index contributed by atoms with van der Waals surface area (Å²) in [5, 5.41) is 9.75. The van der Waals surface area contributed by atoms with Crippen LogP contribution in [0.25, 0.3) is 0 Å². The number of aliphatic hydroxyl groups is 1. The van der Waals surface area contributed by atoms with Crippen LogP contribution in [0.15, 0.2) is 30.3 Å². The Kier molecular flexibility index (Phi) is 4.25. The number of nitrogens with zero attached hydrogens (tertiary/aromatic N) is 1. The van der Waals surface area contributed by atoms with Gasteiger partial charge in [0.05, 0.1) is 6.61 Å². The van der Waals surface area contributed by atoms with Gasteiger partial charge in [-0.3, -0.25) is 4.79 Å². The van der Waals surface area contributed by atoms with Crippen molar-refractivity contribution in [3.05, 3.63) is 35.9 Å². The van der Waals surface area contributed by atoms with Gasteiger partial charge < -0.3 is 10.0 Å². The van der Waals surface area contributed by atoms with E-state index >= 15 is 0 Å². The molecule has 1 aromatic carbocycles. The van der Waals surface area contributed by atoms with Gasteiger partial charge in [-0.1, -0.05) is 30.3 Å².